The minimum atomic E-state index is 0.142. The van der Waals surface area contributed by atoms with E-state index in [0.29, 0.717) is 11.8 Å². The number of carbonyl (C=O) groups excluding carboxylic acids is 1. The van der Waals surface area contributed by atoms with Gasteiger partial charge < -0.3 is 4.90 Å². The van der Waals surface area contributed by atoms with Crippen LogP contribution in [-0.4, -0.2) is 23.9 Å². The maximum Gasteiger partial charge on any atom is 0.254 e. The van der Waals surface area contributed by atoms with Crippen LogP contribution in [0.1, 0.15) is 31.4 Å². The third kappa shape index (κ3) is 3.94. The summed E-state index contributed by atoms with van der Waals surface area (Å²) in [5.41, 5.74) is 2.82. The van der Waals surface area contributed by atoms with Gasteiger partial charge in [-0.25, -0.2) is 0 Å². The molecule has 0 radical (unpaired) electrons. The molecule has 0 unspecified atom stereocenters. The van der Waals surface area contributed by atoms with Crippen LogP contribution in [0.4, 0.5) is 0 Å². The largest absolute Gasteiger partial charge is 0.338 e. The number of amides is 1. The van der Waals surface area contributed by atoms with Gasteiger partial charge in [-0.05, 0) is 35.5 Å². The van der Waals surface area contributed by atoms with Crippen molar-refractivity contribution in [3.63, 3.8) is 0 Å². The normalized spacial score (nSPS) is 21.6. The number of benzene rings is 2. The van der Waals surface area contributed by atoms with Gasteiger partial charge in [-0.3, -0.25) is 4.79 Å². The van der Waals surface area contributed by atoms with Gasteiger partial charge in [0, 0.05) is 18.7 Å². The molecule has 24 heavy (non-hydrogen) atoms. The van der Waals surface area contributed by atoms with Gasteiger partial charge in [-0.1, -0.05) is 74.5 Å². The molecule has 1 heterocycles. The second-order valence-corrected chi connectivity index (χ2v) is 6.99. The Balaban J connectivity index is 1.96. The average Bonchev–Trinajstić information content (AvgIpc) is 2.60. The van der Waals surface area contributed by atoms with Crippen LogP contribution in [0.3, 0.4) is 0 Å². The number of carbonyl (C=O) groups is 1. The Morgan fingerprint density at radius 3 is 2.04 bits per heavy atom. The lowest BCUT2D eigenvalue weighted by Crippen LogP contribution is -2.42. The highest BCUT2D eigenvalue weighted by atomic mass is 16.2. The van der Waals surface area contributed by atoms with Gasteiger partial charge >= 0.3 is 0 Å². The van der Waals surface area contributed by atoms with Crippen molar-refractivity contribution in [3.8, 4) is 0 Å². The fraction of sp³-hybridized carbons (Fsp3) is 0.318. The van der Waals surface area contributed by atoms with Crippen LogP contribution in [0.5, 0.6) is 0 Å². The van der Waals surface area contributed by atoms with E-state index in [1.54, 1.807) is 0 Å². The highest BCUT2D eigenvalue weighted by Gasteiger charge is 2.27. The fourth-order valence-electron chi connectivity index (χ4n) is 3.60. The second kappa shape index (κ2) is 7.48. The third-order valence-electron chi connectivity index (χ3n) is 4.58. The SMILES string of the molecule is C[C@@H]1C[C@@H](C)CN(C(=O)/C(=C/c2ccccc2)c2ccccc2)C1. The van der Waals surface area contributed by atoms with E-state index in [-0.39, 0.29) is 5.91 Å². The van der Waals surface area contributed by atoms with Crippen molar-refractivity contribution in [2.45, 2.75) is 20.3 Å². The zero-order chi connectivity index (χ0) is 16.9. The summed E-state index contributed by atoms with van der Waals surface area (Å²) >= 11 is 0. The summed E-state index contributed by atoms with van der Waals surface area (Å²) in [5.74, 6) is 1.27. The number of likely N-dealkylation sites (tertiary alicyclic amines) is 1. The van der Waals surface area contributed by atoms with Gasteiger partial charge in [0.2, 0.25) is 0 Å². The quantitative estimate of drug-likeness (QED) is 0.591. The van der Waals surface area contributed by atoms with E-state index in [1.165, 1.54) is 6.42 Å². The smallest absolute Gasteiger partial charge is 0.254 e. The summed E-state index contributed by atoms with van der Waals surface area (Å²) < 4.78 is 0. The van der Waals surface area contributed by atoms with Crippen LogP contribution >= 0.6 is 0 Å². The van der Waals surface area contributed by atoms with Crippen molar-refractivity contribution in [1.82, 2.24) is 4.90 Å². The lowest BCUT2D eigenvalue weighted by Gasteiger charge is -2.35. The maximum atomic E-state index is 13.3. The molecule has 0 N–H and O–H groups in total. The first-order valence-corrected chi connectivity index (χ1v) is 8.75. The van der Waals surface area contributed by atoms with E-state index in [4.69, 9.17) is 0 Å². The molecule has 124 valence electrons. The predicted octanol–water partition coefficient (Wildman–Crippen LogP) is 4.73. The topological polar surface area (TPSA) is 20.3 Å². The molecule has 0 bridgehead atoms. The molecule has 1 aliphatic heterocycles. The summed E-state index contributed by atoms with van der Waals surface area (Å²) in [7, 11) is 0. The molecule has 1 fully saturated rings. The Kier molecular flexibility index (Phi) is 5.14. The van der Waals surface area contributed by atoms with Crippen LogP contribution in [0, 0.1) is 11.8 Å². The van der Waals surface area contributed by atoms with E-state index in [2.05, 4.69) is 13.8 Å². The summed E-state index contributed by atoms with van der Waals surface area (Å²) in [6.45, 7) is 6.17. The molecule has 2 heteroatoms. The van der Waals surface area contributed by atoms with Gasteiger partial charge in [-0.2, -0.15) is 0 Å². The van der Waals surface area contributed by atoms with E-state index in [1.807, 2.05) is 71.6 Å². The molecule has 2 atom stereocenters. The van der Waals surface area contributed by atoms with Crippen LogP contribution < -0.4 is 0 Å². The molecule has 2 aromatic rings. The summed E-state index contributed by atoms with van der Waals surface area (Å²) in [4.78, 5) is 15.3. The molecule has 0 saturated carbocycles. The van der Waals surface area contributed by atoms with Crippen molar-refractivity contribution in [1.29, 1.82) is 0 Å². The molecular weight excluding hydrogens is 294 g/mol. The molecular formula is C22H25NO. The Morgan fingerprint density at radius 2 is 1.46 bits per heavy atom. The van der Waals surface area contributed by atoms with Gasteiger partial charge in [0.1, 0.15) is 0 Å². The summed E-state index contributed by atoms with van der Waals surface area (Å²) in [5, 5.41) is 0. The van der Waals surface area contributed by atoms with E-state index < -0.39 is 0 Å². The van der Waals surface area contributed by atoms with Crippen LogP contribution in [0.2, 0.25) is 0 Å². The lowest BCUT2D eigenvalue weighted by atomic mass is 9.90. The predicted molar refractivity (Wildman–Crippen MR) is 100 cm³/mol. The standard InChI is InChI=1S/C22H25NO/c1-17-13-18(2)16-23(15-17)22(24)21(20-11-7-4-8-12-20)14-19-9-5-3-6-10-19/h3-12,14,17-18H,13,15-16H2,1-2H3/b21-14+/t17-,18-/m1/s1. The van der Waals surface area contributed by atoms with Crippen molar-refractivity contribution in [2.75, 3.05) is 13.1 Å². The van der Waals surface area contributed by atoms with Gasteiger partial charge in [0.25, 0.3) is 5.91 Å². The van der Waals surface area contributed by atoms with Crippen LogP contribution in [-0.2, 0) is 4.79 Å². The van der Waals surface area contributed by atoms with Crippen molar-refractivity contribution >= 4 is 17.6 Å². The maximum absolute atomic E-state index is 13.3. The molecule has 0 aliphatic carbocycles. The van der Waals surface area contributed by atoms with Crippen LogP contribution in [0.25, 0.3) is 11.6 Å². The summed E-state index contributed by atoms with van der Waals surface area (Å²) in [6, 6.07) is 20.1. The van der Waals surface area contributed by atoms with E-state index in [9.17, 15) is 4.79 Å². The minimum Gasteiger partial charge on any atom is -0.338 e. The Labute approximate surface area is 144 Å². The second-order valence-electron chi connectivity index (χ2n) is 6.99. The van der Waals surface area contributed by atoms with Crippen LogP contribution in [0.15, 0.2) is 60.7 Å². The first-order chi connectivity index (χ1) is 11.6. The number of hydrogen-bond donors (Lipinski definition) is 0. The molecule has 0 spiro atoms. The highest BCUT2D eigenvalue weighted by molar-refractivity contribution is 6.24. The number of hydrogen-bond acceptors (Lipinski definition) is 1. The van der Waals surface area contributed by atoms with Gasteiger partial charge in [-0.15, -0.1) is 0 Å². The monoisotopic (exact) mass is 319 g/mol. The third-order valence-corrected chi connectivity index (χ3v) is 4.58. The van der Waals surface area contributed by atoms with Crippen molar-refractivity contribution in [2.24, 2.45) is 11.8 Å². The zero-order valence-electron chi connectivity index (χ0n) is 14.5. The minimum absolute atomic E-state index is 0.142. The Morgan fingerprint density at radius 1 is 0.917 bits per heavy atom. The molecule has 1 aliphatic rings. The van der Waals surface area contributed by atoms with E-state index in [0.717, 1.165) is 29.8 Å². The van der Waals surface area contributed by atoms with Gasteiger partial charge in [0.15, 0.2) is 0 Å². The van der Waals surface area contributed by atoms with E-state index >= 15 is 0 Å². The first kappa shape index (κ1) is 16.5. The summed E-state index contributed by atoms with van der Waals surface area (Å²) in [6.07, 6.45) is 3.22. The van der Waals surface area contributed by atoms with Crippen molar-refractivity contribution in [3.05, 3.63) is 71.8 Å². The lowest BCUT2D eigenvalue weighted by molar-refractivity contribution is -0.127. The average molecular weight is 319 g/mol. The zero-order valence-corrected chi connectivity index (χ0v) is 14.5. The molecule has 2 nitrogen and oxygen atoms in total. The number of nitrogens with zero attached hydrogens (tertiary/aromatic N) is 1. The molecule has 3 rings (SSSR count). The number of piperidine rings is 1. The molecule has 2 aromatic carbocycles. The fourth-order valence-corrected chi connectivity index (χ4v) is 3.60. The molecule has 1 saturated heterocycles. The number of rotatable bonds is 3. The Hall–Kier alpha value is -2.35. The molecule has 0 aromatic heterocycles. The van der Waals surface area contributed by atoms with Crippen molar-refractivity contribution < 1.29 is 4.79 Å². The molecule has 1 amide bonds. The first-order valence-electron chi connectivity index (χ1n) is 8.75. The Bertz CT molecular complexity index is 695. The van der Waals surface area contributed by atoms with Gasteiger partial charge in [0.05, 0.1) is 0 Å². The highest BCUT2D eigenvalue weighted by Crippen LogP contribution is 2.26.